The number of carboxylic acid groups (broad SMARTS) is 1. The van der Waals surface area contributed by atoms with Crippen LogP contribution in [0.2, 0.25) is 0 Å². The molecule has 0 saturated carbocycles. The zero-order chi connectivity index (χ0) is 13.4. The van der Waals surface area contributed by atoms with E-state index in [1.165, 1.54) is 5.56 Å². The fourth-order valence-corrected chi connectivity index (χ4v) is 2.54. The number of imidazole rings is 1. The molecule has 4 nitrogen and oxygen atoms in total. The SMILES string of the molecule is Cc1ccc(-c2nc3c([nH]2)CC(C(=O)O)CC3)cc1. The van der Waals surface area contributed by atoms with E-state index in [2.05, 4.69) is 22.1 Å². The summed E-state index contributed by atoms with van der Waals surface area (Å²) in [7, 11) is 0. The Balaban J connectivity index is 1.91. The molecule has 1 unspecified atom stereocenters. The van der Waals surface area contributed by atoms with Crippen molar-refractivity contribution in [2.24, 2.45) is 5.92 Å². The maximum absolute atomic E-state index is 11.0. The lowest BCUT2D eigenvalue weighted by molar-refractivity contribution is -0.142. The highest BCUT2D eigenvalue weighted by molar-refractivity contribution is 5.71. The van der Waals surface area contributed by atoms with Crippen LogP contribution < -0.4 is 0 Å². The second-order valence-electron chi connectivity index (χ2n) is 5.15. The number of aromatic nitrogens is 2. The van der Waals surface area contributed by atoms with Gasteiger partial charge >= 0.3 is 5.97 Å². The Bertz CT molecular complexity index is 614. The molecule has 1 aliphatic rings. The second kappa shape index (κ2) is 4.53. The van der Waals surface area contributed by atoms with Crippen LogP contribution in [-0.4, -0.2) is 21.0 Å². The number of aliphatic carboxylic acids is 1. The van der Waals surface area contributed by atoms with Crippen LogP contribution in [0.15, 0.2) is 24.3 Å². The van der Waals surface area contributed by atoms with Crippen molar-refractivity contribution in [3.05, 3.63) is 41.2 Å². The number of rotatable bonds is 2. The van der Waals surface area contributed by atoms with E-state index < -0.39 is 5.97 Å². The number of H-pyrrole nitrogens is 1. The molecule has 2 N–H and O–H groups in total. The van der Waals surface area contributed by atoms with Crippen molar-refractivity contribution in [2.45, 2.75) is 26.2 Å². The van der Waals surface area contributed by atoms with Crippen molar-refractivity contribution < 1.29 is 9.90 Å². The first kappa shape index (κ1) is 12.0. The molecule has 19 heavy (non-hydrogen) atoms. The summed E-state index contributed by atoms with van der Waals surface area (Å²) in [4.78, 5) is 18.9. The number of nitrogens with one attached hydrogen (secondary N) is 1. The van der Waals surface area contributed by atoms with Gasteiger partial charge in [0.05, 0.1) is 11.6 Å². The number of fused-ring (bicyclic) bond motifs is 1. The number of carboxylic acids is 1. The Morgan fingerprint density at radius 2 is 2.11 bits per heavy atom. The minimum absolute atomic E-state index is 0.279. The summed E-state index contributed by atoms with van der Waals surface area (Å²) in [6.45, 7) is 2.05. The molecule has 0 aliphatic heterocycles. The molecule has 0 bridgehead atoms. The quantitative estimate of drug-likeness (QED) is 0.867. The van der Waals surface area contributed by atoms with E-state index >= 15 is 0 Å². The highest BCUT2D eigenvalue weighted by atomic mass is 16.4. The van der Waals surface area contributed by atoms with Gasteiger partial charge in [-0.05, 0) is 19.8 Å². The molecule has 1 heterocycles. The van der Waals surface area contributed by atoms with Crippen LogP contribution in [0.4, 0.5) is 0 Å². The van der Waals surface area contributed by atoms with Crippen LogP contribution >= 0.6 is 0 Å². The maximum Gasteiger partial charge on any atom is 0.306 e. The third-order valence-corrected chi connectivity index (χ3v) is 3.72. The van der Waals surface area contributed by atoms with Crippen molar-refractivity contribution in [1.82, 2.24) is 9.97 Å². The molecule has 1 aromatic carbocycles. The molecule has 98 valence electrons. The van der Waals surface area contributed by atoms with Gasteiger partial charge in [0, 0.05) is 17.7 Å². The summed E-state index contributed by atoms with van der Waals surface area (Å²) in [6, 6.07) is 8.18. The number of hydrogen-bond donors (Lipinski definition) is 2. The zero-order valence-corrected chi connectivity index (χ0v) is 10.8. The molecule has 1 aromatic heterocycles. The predicted molar refractivity (Wildman–Crippen MR) is 71.9 cm³/mol. The van der Waals surface area contributed by atoms with E-state index in [9.17, 15) is 4.79 Å². The number of nitrogens with zero attached hydrogens (tertiary/aromatic N) is 1. The first-order valence-corrected chi connectivity index (χ1v) is 6.51. The summed E-state index contributed by atoms with van der Waals surface area (Å²) < 4.78 is 0. The second-order valence-corrected chi connectivity index (χ2v) is 5.15. The molecule has 0 fully saturated rings. The van der Waals surface area contributed by atoms with Gasteiger partial charge in [-0.1, -0.05) is 29.8 Å². The van der Waals surface area contributed by atoms with Crippen molar-refractivity contribution in [1.29, 1.82) is 0 Å². The number of aromatic amines is 1. The summed E-state index contributed by atoms with van der Waals surface area (Å²) >= 11 is 0. The Morgan fingerprint density at radius 3 is 2.79 bits per heavy atom. The van der Waals surface area contributed by atoms with Gasteiger partial charge < -0.3 is 10.1 Å². The Morgan fingerprint density at radius 1 is 1.37 bits per heavy atom. The summed E-state index contributed by atoms with van der Waals surface area (Å²) in [5.74, 6) is -0.146. The van der Waals surface area contributed by atoms with Crippen LogP contribution in [0, 0.1) is 12.8 Å². The first-order chi connectivity index (χ1) is 9.13. The molecule has 0 saturated heterocycles. The highest BCUT2D eigenvalue weighted by Crippen LogP contribution is 2.27. The maximum atomic E-state index is 11.0. The lowest BCUT2D eigenvalue weighted by Crippen LogP contribution is -2.22. The van der Waals surface area contributed by atoms with E-state index in [-0.39, 0.29) is 5.92 Å². The lowest BCUT2D eigenvalue weighted by Gasteiger charge is -2.16. The van der Waals surface area contributed by atoms with Gasteiger partial charge in [-0.3, -0.25) is 4.79 Å². The molecule has 1 aliphatic carbocycles. The Labute approximate surface area is 111 Å². The Kier molecular flexibility index (Phi) is 2.85. The van der Waals surface area contributed by atoms with E-state index in [1.807, 2.05) is 19.1 Å². The van der Waals surface area contributed by atoms with Crippen LogP contribution in [0.25, 0.3) is 11.4 Å². The third-order valence-electron chi connectivity index (χ3n) is 3.72. The summed E-state index contributed by atoms with van der Waals surface area (Å²) in [5.41, 5.74) is 4.26. The van der Waals surface area contributed by atoms with Gasteiger partial charge in [-0.15, -0.1) is 0 Å². The van der Waals surface area contributed by atoms with Crippen molar-refractivity contribution >= 4 is 5.97 Å². The summed E-state index contributed by atoms with van der Waals surface area (Å²) in [6.07, 6.45) is 1.98. The van der Waals surface area contributed by atoms with Gasteiger partial charge in [0.15, 0.2) is 0 Å². The van der Waals surface area contributed by atoms with Crippen LogP contribution in [-0.2, 0) is 17.6 Å². The van der Waals surface area contributed by atoms with Gasteiger partial charge in [-0.25, -0.2) is 4.98 Å². The molecule has 4 heteroatoms. The first-order valence-electron chi connectivity index (χ1n) is 6.51. The summed E-state index contributed by atoms with van der Waals surface area (Å²) in [5, 5.41) is 9.08. The van der Waals surface area contributed by atoms with Gasteiger partial charge in [0.25, 0.3) is 0 Å². The molecule has 3 rings (SSSR count). The van der Waals surface area contributed by atoms with Crippen LogP contribution in [0.5, 0.6) is 0 Å². The highest BCUT2D eigenvalue weighted by Gasteiger charge is 2.26. The number of benzene rings is 1. The predicted octanol–water partition coefficient (Wildman–Crippen LogP) is 2.57. The van der Waals surface area contributed by atoms with Crippen LogP contribution in [0.1, 0.15) is 23.4 Å². The number of carbonyl (C=O) groups is 1. The largest absolute Gasteiger partial charge is 0.481 e. The number of aryl methyl sites for hydroxylation is 2. The van der Waals surface area contributed by atoms with Gasteiger partial charge in [0.2, 0.25) is 0 Å². The molecule has 1 atom stereocenters. The molecule has 0 spiro atoms. The zero-order valence-electron chi connectivity index (χ0n) is 10.8. The molecular weight excluding hydrogens is 240 g/mol. The Hall–Kier alpha value is -2.10. The van der Waals surface area contributed by atoms with E-state index in [1.54, 1.807) is 0 Å². The van der Waals surface area contributed by atoms with E-state index in [4.69, 9.17) is 5.11 Å². The monoisotopic (exact) mass is 256 g/mol. The molecular formula is C15H16N2O2. The minimum atomic E-state index is -0.711. The fourth-order valence-electron chi connectivity index (χ4n) is 2.54. The van der Waals surface area contributed by atoms with Gasteiger partial charge in [-0.2, -0.15) is 0 Å². The normalized spacial score (nSPS) is 18.1. The van der Waals surface area contributed by atoms with E-state index in [0.717, 1.165) is 29.2 Å². The lowest BCUT2D eigenvalue weighted by atomic mass is 9.90. The van der Waals surface area contributed by atoms with Gasteiger partial charge in [0.1, 0.15) is 5.82 Å². The van der Waals surface area contributed by atoms with Crippen LogP contribution in [0.3, 0.4) is 0 Å². The molecule has 2 aromatic rings. The van der Waals surface area contributed by atoms with Crippen molar-refractivity contribution in [3.63, 3.8) is 0 Å². The standard InChI is InChI=1S/C15H16N2O2/c1-9-2-4-10(5-3-9)14-16-12-7-6-11(15(18)19)8-13(12)17-14/h2-5,11H,6-8H2,1H3,(H,16,17)(H,18,19). The molecule has 0 radical (unpaired) electrons. The fraction of sp³-hybridized carbons (Fsp3) is 0.333. The minimum Gasteiger partial charge on any atom is -0.481 e. The average Bonchev–Trinajstić information content (AvgIpc) is 2.82. The molecule has 0 amide bonds. The van der Waals surface area contributed by atoms with E-state index in [0.29, 0.717) is 12.8 Å². The third kappa shape index (κ3) is 2.26. The average molecular weight is 256 g/mol. The van der Waals surface area contributed by atoms with Crippen molar-refractivity contribution in [2.75, 3.05) is 0 Å². The number of hydrogen-bond acceptors (Lipinski definition) is 2. The smallest absolute Gasteiger partial charge is 0.306 e. The van der Waals surface area contributed by atoms with Crippen molar-refractivity contribution in [3.8, 4) is 11.4 Å². The topological polar surface area (TPSA) is 66.0 Å².